The molecule has 1 atom stereocenters. The van der Waals surface area contributed by atoms with Crippen LogP contribution in [0.4, 0.5) is 0 Å². The fourth-order valence-corrected chi connectivity index (χ4v) is 4.92. The SMILES string of the molecule is COc1cc2c(cc1OC)CC(=O)N(CC1CCCCN(CCCc3cccnc3)C1)C=C2.Cl.Cl.O.O. The van der Waals surface area contributed by atoms with Gasteiger partial charge in [-0.25, -0.2) is 0 Å². The van der Waals surface area contributed by atoms with E-state index in [-0.39, 0.29) is 41.7 Å². The maximum absolute atomic E-state index is 13.1. The van der Waals surface area contributed by atoms with Crippen molar-refractivity contribution in [2.45, 2.75) is 38.5 Å². The van der Waals surface area contributed by atoms with Crippen LogP contribution in [0.25, 0.3) is 6.08 Å². The van der Waals surface area contributed by atoms with E-state index in [2.05, 4.69) is 16.0 Å². The molecule has 10 heteroatoms. The Morgan fingerprint density at radius 2 is 1.84 bits per heavy atom. The Labute approximate surface area is 232 Å². The monoisotopic (exact) mass is 557 g/mol. The number of benzene rings is 1. The molecule has 1 amide bonds. The van der Waals surface area contributed by atoms with Gasteiger partial charge < -0.3 is 30.2 Å². The van der Waals surface area contributed by atoms with Crippen molar-refractivity contribution in [3.8, 4) is 11.5 Å². The van der Waals surface area contributed by atoms with E-state index >= 15 is 0 Å². The third kappa shape index (κ3) is 9.47. The highest BCUT2D eigenvalue weighted by atomic mass is 35.5. The number of rotatable bonds is 8. The Bertz CT molecular complexity index is 978. The molecule has 1 fully saturated rings. The lowest BCUT2D eigenvalue weighted by molar-refractivity contribution is -0.128. The smallest absolute Gasteiger partial charge is 0.230 e. The van der Waals surface area contributed by atoms with Crippen LogP contribution in [-0.2, 0) is 17.6 Å². The van der Waals surface area contributed by atoms with Crippen LogP contribution in [0.2, 0.25) is 0 Å². The number of methoxy groups -OCH3 is 2. The number of likely N-dealkylation sites (tertiary alicyclic amines) is 1. The Morgan fingerprint density at radius 1 is 1.08 bits per heavy atom. The molecule has 2 aromatic rings. The van der Waals surface area contributed by atoms with Crippen molar-refractivity contribution in [2.75, 3.05) is 40.4 Å². The summed E-state index contributed by atoms with van der Waals surface area (Å²) in [5.41, 5.74) is 3.30. The Hall–Kier alpha value is -2.36. The van der Waals surface area contributed by atoms with Crippen LogP contribution in [0.5, 0.6) is 11.5 Å². The summed E-state index contributed by atoms with van der Waals surface area (Å²) in [6, 6.07) is 8.04. The molecule has 3 heterocycles. The van der Waals surface area contributed by atoms with Gasteiger partial charge in [0.25, 0.3) is 0 Å². The van der Waals surface area contributed by atoms with Crippen molar-refractivity contribution >= 4 is 36.8 Å². The van der Waals surface area contributed by atoms with Crippen LogP contribution in [0, 0.1) is 5.92 Å². The van der Waals surface area contributed by atoms with E-state index in [0.29, 0.717) is 23.8 Å². The maximum atomic E-state index is 13.1. The molecule has 4 rings (SSSR count). The lowest BCUT2D eigenvalue weighted by atomic mass is 10.0. The summed E-state index contributed by atoms with van der Waals surface area (Å²) in [6.07, 6.45) is 14.0. The highest BCUT2D eigenvalue weighted by Crippen LogP contribution is 2.33. The lowest BCUT2D eigenvalue weighted by Crippen LogP contribution is -2.37. The number of hydrogen-bond donors (Lipinski definition) is 0. The molecule has 2 aliphatic heterocycles. The number of aryl methyl sites for hydroxylation is 1. The molecule has 4 N–H and O–H groups in total. The standard InChI is InChI=1S/C27H35N3O3.2ClH.2H2O/c1-32-25-15-23-10-14-30(27(31)17-24(23)16-26(25)33-2)20-22-7-3-4-12-29(19-22)13-6-9-21-8-5-11-28-18-21;;;;/h5,8,10-11,14-16,18,22H,3-4,6-7,9,12-13,17,19-20H2,1-2H3;2*1H;2*1H2. The predicted molar refractivity (Wildman–Crippen MR) is 152 cm³/mol. The number of aromatic nitrogens is 1. The van der Waals surface area contributed by atoms with Crippen LogP contribution in [0.1, 0.15) is 42.4 Å². The van der Waals surface area contributed by atoms with E-state index < -0.39 is 0 Å². The summed E-state index contributed by atoms with van der Waals surface area (Å²) in [4.78, 5) is 21.8. The Kier molecular flexibility index (Phi) is 16.1. The van der Waals surface area contributed by atoms with Gasteiger partial charge in [0.2, 0.25) is 5.91 Å². The molecule has 0 spiro atoms. The van der Waals surface area contributed by atoms with E-state index in [1.165, 1.54) is 24.8 Å². The number of pyridine rings is 1. The highest BCUT2D eigenvalue weighted by molar-refractivity contribution is 5.86. The molecular weight excluding hydrogens is 517 g/mol. The van der Waals surface area contributed by atoms with Gasteiger partial charge in [-0.05, 0) is 85.7 Å². The van der Waals surface area contributed by atoms with Crippen LogP contribution in [0.15, 0.2) is 42.9 Å². The molecule has 1 unspecified atom stereocenters. The quantitative estimate of drug-likeness (QED) is 0.492. The molecule has 1 aromatic heterocycles. The Balaban J connectivity index is 0.00000324. The number of amides is 1. The first-order valence-electron chi connectivity index (χ1n) is 12.0. The minimum atomic E-state index is 0. The molecule has 2 aliphatic rings. The third-order valence-corrected chi connectivity index (χ3v) is 6.71. The molecule has 1 saturated heterocycles. The van der Waals surface area contributed by atoms with Gasteiger partial charge in [0.1, 0.15) is 0 Å². The summed E-state index contributed by atoms with van der Waals surface area (Å²) < 4.78 is 10.9. The van der Waals surface area contributed by atoms with Crippen LogP contribution in [0.3, 0.4) is 0 Å². The summed E-state index contributed by atoms with van der Waals surface area (Å²) in [5.74, 6) is 1.98. The number of nitrogens with zero attached hydrogens (tertiary/aromatic N) is 3. The molecule has 0 saturated carbocycles. The van der Waals surface area contributed by atoms with Gasteiger partial charge in [-0.3, -0.25) is 9.78 Å². The van der Waals surface area contributed by atoms with Crippen LogP contribution < -0.4 is 9.47 Å². The molecular formula is C27H41Cl2N3O5. The largest absolute Gasteiger partial charge is 0.493 e. The molecule has 0 radical (unpaired) electrons. The van der Waals surface area contributed by atoms with Gasteiger partial charge >= 0.3 is 0 Å². The van der Waals surface area contributed by atoms with E-state index in [0.717, 1.165) is 50.1 Å². The molecule has 0 aliphatic carbocycles. The average Bonchev–Trinajstić information content (AvgIpc) is 3.15. The molecule has 208 valence electrons. The maximum Gasteiger partial charge on any atom is 0.230 e. The summed E-state index contributed by atoms with van der Waals surface area (Å²) in [7, 11) is 3.26. The molecule has 8 nitrogen and oxygen atoms in total. The summed E-state index contributed by atoms with van der Waals surface area (Å²) in [6.45, 7) is 4.08. The van der Waals surface area contributed by atoms with Crippen molar-refractivity contribution in [2.24, 2.45) is 5.92 Å². The topological polar surface area (TPSA) is 118 Å². The minimum Gasteiger partial charge on any atom is -0.493 e. The highest BCUT2D eigenvalue weighted by Gasteiger charge is 2.24. The van der Waals surface area contributed by atoms with Crippen molar-refractivity contribution in [1.29, 1.82) is 0 Å². The van der Waals surface area contributed by atoms with Gasteiger partial charge in [0.05, 0.1) is 20.6 Å². The fraction of sp³-hybridized carbons (Fsp3) is 0.481. The molecule has 37 heavy (non-hydrogen) atoms. The van der Waals surface area contributed by atoms with E-state index in [4.69, 9.17) is 9.47 Å². The number of fused-ring (bicyclic) bond motifs is 1. The van der Waals surface area contributed by atoms with Gasteiger partial charge in [-0.1, -0.05) is 12.5 Å². The van der Waals surface area contributed by atoms with Gasteiger partial charge in [-0.15, -0.1) is 24.8 Å². The average molecular weight is 559 g/mol. The van der Waals surface area contributed by atoms with Crippen LogP contribution in [-0.4, -0.2) is 72.0 Å². The first kappa shape index (κ1) is 34.6. The van der Waals surface area contributed by atoms with Crippen molar-refractivity contribution in [3.63, 3.8) is 0 Å². The fourth-order valence-electron chi connectivity index (χ4n) is 4.92. The number of carbonyl (C=O) groups is 1. The van der Waals surface area contributed by atoms with Crippen molar-refractivity contribution < 1.29 is 25.2 Å². The zero-order valence-corrected chi connectivity index (χ0v) is 23.3. The summed E-state index contributed by atoms with van der Waals surface area (Å²) >= 11 is 0. The first-order chi connectivity index (χ1) is 16.2. The second-order valence-electron chi connectivity index (χ2n) is 9.07. The second-order valence-corrected chi connectivity index (χ2v) is 9.07. The second kappa shape index (κ2) is 17.2. The molecule has 1 aromatic carbocycles. The van der Waals surface area contributed by atoms with Gasteiger partial charge in [0, 0.05) is 31.7 Å². The van der Waals surface area contributed by atoms with Gasteiger partial charge in [-0.2, -0.15) is 0 Å². The van der Waals surface area contributed by atoms with E-state index in [1.807, 2.05) is 47.8 Å². The van der Waals surface area contributed by atoms with Crippen LogP contribution >= 0.6 is 24.8 Å². The zero-order chi connectivity index (χ0) is 23.0. The number of carbonyl (C=O) groups excluding carboxylic acids is 1. The number of ether oxygens (including phenoxy) is 2. The van der Waals surface area contributed by atoms with E-state index in [9.17, 15) is 4.79 Å². The van der Waals surface area contributed by atoms with E-state index in [1.54, 1.807) is 14.2 Å². The summed E-state index contributed by atoms with van der Waals surface area (Å²) in [5, 5.41) is 0. The van der Waals surface area contributed by atoms with Gasteiger partial charge in [0.15, 0.2) is 11.5 Å². The normalized spacial score (nSPS) is 17.0. The molecule has 0 bridgehead atoms. The predicted octanol–water partition coefficient (Wildman–Crippen LogP) is 3.38. The third-order valence-electron chi connectivity index (χ3n) is 6.71. The number of hydrogen-bond acceptors (Lipinski definition) is 5. The Morgan fingerprint density at radius 3 is 2.54 bits per heavy atom. The first-order valence-corrected chi connectivity index (χ1v) is 12.0. The minimum absolute atomic E-state index is 0. The van der Waals surface area contributed by atoms with Crippen molar-refractivity contribution in [1.82, 2.24) is 14.8 Å². The lowest BCUT2D eigenvalue weighted by Gasteiger charge is -2.28. The zero-order valence-electron chi connectivity index (χ0n) is 21.7. The number of halogens is 2. The van der Waals surface area contributed by atoms with Crippen molar-refractivity contribution in [3.05, 3.63) is 59.5 Å².